The van der Waals surface area contributed by atoms with Gasteiger partial charge in [0.15, 0.2) is 0 Å². The number of alkyl halides is 1. The average molecular weight is 218 g/mol. The second-order valence-electron chi connectivity index (χ2n) is 4.79. The monoisotopic (exact) mass is 217 g/mol. The Morgan fingerprint density at radius 2 is 2.00 bits per heavy atom. The highest BCUT2D eigenvalue weighted by atomic mass is 35.5. The molecule has 0 aliphatic heterocycles. The second kappa shape index (κ2) is 4.52. The normalized spacial score (nSPS) is 20.6. The van der Waals surface area contributed by atoms with Gasteiger partial charge in [0.1, 0.15) is 0 Å². The minimum atomic E-state index is -0.0698. The van der Waals surface area contributed by atoms with Crippen molar-refractivity contribution < 1.29 is 4.79 Å². The number of nitrogens with one attached hydrogen (secondary N) is 1. The van der Waals surface area contributed by atoms with Crippen LogP contribution in [0.25, 0.3) is 0 Å². The molecular weight excluding hydrogens is 198 g/mol. The fraction of sp³-hybridized carbons (Fsp3) is 0.909. The van der Waals surface area contributed by atoms with Crippen LogP contribution in [-0.2, 0) is 4.79 Å². The van der Waals surface area contributed by atoms with Crippen molar-refractivity contribution in [3.8, 4) is 0 Å². The Balaban J connectivity index is 2.30. The summed E-state index contributed by atoms with van der Waals surface area (Å²) in [6.07, 6.45) is 2.50. The first-order chi connectivity index (χ1) is 6.52. The number of hydrogen-bond acceptors (Lipinski definition) is 1. The van der Waals surface area contributed by atoms with Gasteiger partial charge in [-0.25, -0.2) is 0 Å². The van der Waals surface area contributed by atoms with Gasteiger partial charge in [-0.1, -0.05) is 20.8 Å². The Kier molecular flexibility index (Phi) is 3.82. The van der Waals surface area contributed by atoms with E-state index in [-0.39, 0.29) is 11.8 Å². The summed E-state index contributed by atoms with van der Waals surface area (Å²) in [7, 11) is 0. The minimum Gasteiger partial charge on any atom is -0.355 e. The van der Waals surface area contributed by atoms with Crippen LogP contribution in [0, 0.1) is 17.3 Å². The van der Waals surface area contributed by atoms with E-state index in [1.165, 1.54) is 12.8 Å². The third-order valence-corrected chi connectivity index (χ3v) is 3.87. The number of carbonyl (C=O) groups is 1. The molecule has 0 heterocycles. The second-order valence-corrected chi connectivity index (χ2v) is 5.10. The van der Waals surface area contributed by atoms with Gasteiger partial charge < -0.3 is 5.32 Å². The predicted octanol–water partition coefficient (Wildman–Crippen LogP) is 2.41. The third-order valence-electron chi connectivity index (χ3n) is 3.41. The Hall–Kier alpha value is -0.240. The summed E-state index contributed by atoms with van der Waals surface area (Å²) in [5.74, 6) is 1.08. The highest BCUT2D eigenvalue weighted by molar-refractivity contribution is 6.19. The maximum Gasteiger partial charge on any atom is 0.224 e. The molecule has 2 nitrogen and oxygen atoms in total. The van der Waals surface area contributed by atoms with Crippen molar-refractivity contribution in [1.82, 2.24) is 5.32 Å². The van der Waals surface area contributed by atoms with Gasteiger partial charge in [-0.2, -0.15) is 0 Å². The van der Waals surface area contributed by atoms with Crippen LogP contribution in [0.5, 0.6) is 0 Å². The molecule has 0 spiro atoms. The molecule has 1 unspecified atom stereocenters. The first kappa shape index (κ1) is 11.8. The third kappa shape index (κ3) is 2.63. The van der Waals surface area contributed by atoms with Gasteiger partial charge >= 0.3 is 0 Å². The number of carbonyl (C=O) groups excluding carboxylic acids is 1. The highest BCUT2D eigenvalue weighted by Gasteiger charge is 2.45. The van der Waals surface area contributed by atoms with Crippen LogP contribution in [0.1, 0.15) is 33.6 Å². The van der Waals surface area contributed by atoms with Crippen molar-refractivity contribution in [2.24, 2.45) is 17.3 Å². The van der Waals surface area contributed by atoms with Crippen molar-refractivity contribution in [3.63, 3.8) is 0 Å². The van der Waals surface area contributed by atoms with E-state index in [1.807, 2.05) is 6.92 Å². The highest BCUT2D eigenvalue weighted by Crippen LogP contribution is 2.51. The Bertz CT molecular complexity index is 211. The van der Waals surface area contributed by atoms with Crippen LogP contribution < -0.4 is 5.32 Å². The molecule has 0 bridgehead atoms. The van der Waals surface area contributed by atoms with Crippen LogP contribution in [0.15, 0.2) is 0 Å². The van der Waals surface area contributed by atoms with Gasteiger partial charge in [0.05, 0.1) is 0 Å². The molecule has 0 saturated heterocycles. The Labute approximate surface area is 91.4 Å². The smallest absolute Gasteiger partial charge is 0.224 e. The summed E-state index contributed by atoms with van der Waals surface area (Å²) in [5.41, 5.74) is 0.391. The van der Waals surface area contributed by atoms with E-state index in [0.717, 1.165) is 6.54 Å². The molecule has 1 rings (SSSR count). The van der Waals surface area contributed by atoms with E-state index in [2.05, 4.69) is 19.2 Å². The first-order valence-electron chi connectivity index (χ1n) is 5.35. The molecule has 0 aromatic carbocycles. The van der Waals surface area contributed by atoms with E-state index in [1.54, 1.807) is 0 Å². The molecule has 0 aromatic heterocycles. The molecule has 1 fully saturated rings. The zero-order valence-electron chi connectivity index (χ0n) is 9.27. The molecule has 0 aromatic rings. The number of amides is 1. The summed E-state index contributed by atoms with van der Waals surface area (Å²) in [6.45, 7) is 7.14. The largest absolute Gasteiger partial charge is 0.355 e. The Morgan fingerprint density at radius 1 is 1.43 bits per heavy atom. The number of hydrogen-bond donors (Lipinski definition) is 1. The van der Waals surface area contributed by atoms with Gasteiger partial charge in [0.2, 0.25) is 5.91 Å². The quantitative estimate of drug-likeness (QED) is 0.705. The maximum absolute atomic E-state index is 11.5. The molecular formula is C11H20ClNO. The van der Waals surface area contributed by atoms with Crippen LogP contribution in [0.3, 0.4) is 0 Å². The van der Waals surface area contributed by atoms with Gasteiger partial charge in [-0.05, 0) is 24.2 Å². The molecule has 3 heteroatoms. The van der Waals surface area contributed by atoms with Gasteiger partial charge in [0.25, 0.3) is 0 Å². The van der Waals surface area contributed by atoms with Crippen LogP contribution in [0.4, 0.5) is 0 Å². The van der Waals surface area contributed by atoms with Gasteiger partial charge in [-0.15, -0.1) is 11.6 Å². The molecule has 0 radical (unpaired) electrons. The van der Waals surface area contributed by atoms with E-state index in [4.69, 9.17) is 11.6 Å². The first-order valence-corrected chi connectivity index (χ1v) is 5.89. The van der Waals surface area contributed by atoms with Crippen LogP contribution in [-0.4, -0.2) is 18.3 Å². The molecule has 1 aliphatic carbocycles. The molecule has 1 aliphatic rings. The van der Waals surface area contributed by atoms with Crippen molar-refractivity contribution in [1.29, 1.82) is 0 Å². The molecule has 1 N–H and O–H groups in total. The van der Waals surface area contributed by atoms with Gasteiger partial charge in [0, 0.05) is 18.3 Å². The fourth-order valence-corrected chi connectivity index (χ4v) is 1.77. The summed E-state index contributed by atoms with van der Waals surface area (Å²) in [4.78, 5) is 11.5. The summed E-state index contributed by atoms with van der Waals surface area (Å²) in [6, 6.07) is 0. The van der Waals surface area contributed by atoms with Crippen molar-refractivity contribution >= 4 is 17.5 Å². The summed E-state index contributed by atoms with van der Waals surface area (Å²) < 4.78 is 0. The van der Waals surface area contributed by atoms with E-state index in [9.17, 15) is 4.79 Å². The molecule has 1 saturated carbocycles. The molecule has 1 amide bonds. The SMILES string of the molecule is CC(CCl)C(=O)NCC1(C(C)C)CC1. The summed E-state index contributed by atoms with van der Waals surface area (Å²) >= 11 is 5.61. The summed E-state index contributed by atoms with van der Waals surface area (Å²) in [5, 5.41) is 2.99. The lowest BCUT2D eigenvalue weighted by Gasteiger charge is -2.20. The van der Waals surface area contributed by atoms with Crippen molar-refractivity contribution in [2.75, 3.05) is 12.4 Å². The topological polar surface area (TPSA) is 29.1 Å². The van der Waals surface area contributed by atoms with E-state index >= 15 is 0 Å². The molecule has 14 heavy (non-hydrogen) atoms. The van der Waals surface area contributed by atoms with Gasteiger partial charge in [-0.3, -0.25) is 4.79 Å². The zero-order valence-corrected chi connectivity index (χ0v) is 10.0. The van der Waals surface area contributed by atoms with E-state index < -0.39 is 0 Å². The number of rotatable bonds is 5. The standard InChI is InChI=1S/C11H20ClNO/c1-8(2)11(4-5-11)7-13-10(14)9(3)6-12/h8-9H,4-7H2,1-3H3,(H,13,14). The van der Waals surface area contributed by atoms with Crippen molar-refractivity contribution in [2.45, 2.75) is 33.6 Å². The van der Waals surface area contributed by atoms with Crippen LogP contribution >= 0.6 is 11.6 Å². The predicted molar refractivity (Wildman–Crippen MR) is 59.4 cm³/mol. The lowest BCUT2D eigenvalue weighted by Crippen LogP contribution is -2.36. The lowest BCUT2D eigenvalue weighted by atomic mass is 9.92. The Morgan fingerprint density at radius 3 is 2.36 bits per heavy atom. The number of halogens is 1. The minimum absolute atomic E-state index is 0.0698. The zero-order chi connectivity index (χ0) is 10.8. The molecule has 82 valence electrons. The van der Waals surface area contributed by atoms with Crippen molar-refractivity contribution in [3.05, 3.63) is 0 Å². The average Bonchev–Trinajstić information content (AvgIpc) is 2.93. The van der Waals surface area contributed by atoms with E-state index in [0.29, 0.717) is 17.2 Å². The fourth-order valence-electron chi connectivity index (χ4n) is 1.63. The lowest BCUT2D eigenvalue weighted by molar-refractivity contribution is -0.124. The maximum atomic E-state index is 11.5. The van der Waals surface area contributed by atoms with Crippen LogP contribution in [0.2, 0.25) is 0 Å². The molecule has 1 atom stereocenters.